The summed E-state index contributed by atoms with van der Waals surface area (Å²) in [5.41, 5.74) is 2.13. The van der Waals surface area contributed by atoms with Crippen LogP contribution in [0.3, 0.4) is 0 Å². The molecule has 3 heterocycles. The Labute approximate surface area is 121 Å². The number of aryl methyl sites for hydroxylation is 2. The highest BCUT2D eigenvalue weighted by Gasteiger charge is 2.30. The summed E-state index contributed by atoms with van der Waals surface area (Å²) < 4.78 is 2.05. The van der Waals surface area contributed by atoms with E-state index in [1.807, 2.05) is 11.5 Å². The fourth-order valence-corrected chi connectivity index (χ4v) is 4.61. The van der Waals surface area contributed by atoms with Gasteiger partial charge in [-0.05, 0) is 38.2 Å². The van der Waals surface area contributed by atoms with E-state index in [9.17, 15) is 4.79 Å². The number of nitrogens with one attached hydrogen (secondary N) is 1. The van der Waals surface area contributed by atoms with Crippen LogP contribution in [0.5, 0.6) is 0 Å². The van der Waals surface area contributed by atoms with Crippen molar-refractivity contribution in [3.63, 3.8) is 0 Å². The Morgan fingerprint density at radius 3 is 2.95 bits per heavy atom. The third kappa shape index (κ3) is 1.64. The minimum atomic E-state index is 0.0456. The molecule has 2 aromatic heterocycles. The van der Waals surface area contributed by atoms with Gasteiger partial charge in [-0.1, -0.05) is 6.42 Å². The van der Waals surface area contributed by atoms with Crippen molar-refractivity contribution in [2.45, 2.75) is 45.6 Å². The molecule has 6 heteroatoms. The lowest BCUT2D eigenvalue weighted by molar-refractivity contribution is 0.0951. The highest BCUT2D eigenvalue weighted by atomic mass is 32.1. The molecular weight excluding hydrogens is 272 g/mol. The predicted octanol–water partition coefficient (Wildman–Crippen LogP) is 2.15. The Morgan fingerprint density at radius 2 is 2.05 bits per heavy atom. The molecule has 0 aromatic carbocycles. The molecule has 4 rings (SSSR count). The number of carbonyl (C=O) groups excluding carboxylic acids is 1. The van der Waals surface area contributed by atoms with Gasteiger partial charge in [-0.3, -0.25) is 9.36 Å². The van der Waals surface area contributed by atoms with Crippen LogP contribution in [0.4, 0.5) is 0 Å². The van der Waals surface area contributed by atoms with Crippen LogP contribution < -0.4 is 5.32 Å². The second-order valence-corrected chi connectivity index (χ2v) is 6.51. The van der Waals surface area contributed by atoms with E-state index in [1.165, 1.54) is 29.7 Å². The quantitative estimate of drug-likeness (QED) is 0.756. The van der Waals surface area contributed by atoms with E-state index in [-0.39, 0.29) is 5.91 Å². The number of carbonyl (C=O) groups is 1. The van der Waals surface area contributed by atoms with Gasteiger partial charge in [-0.25, -0.2) is 0 Å². The zero-order valence-corrected chi connectivity index (χ0v) is 12.2. The van der Waals surface area contributed by atoms with Gasteiger partial charge in [0.15, 0.2) is 5.82 Å². The maximum Gasteiger partial charge on any atom is 0.254 e. The van der Waals surface area contributed by atoms with Crippen molar-refractivity contribution >= 4 is 17.2 Å². The Hall–Kier alpha value is -1.69. The Kier molecular flexibility index (Phi) is 2.66. The van der Waals surface area contributed by atoms with Gasteiger partial charge < -0.3 is 5.32 Å². The summed E-state index contributed by atoms with van der Waals surface area (Å²) in [6.45, 7) is 2.40. The lowest BCUT2D eigenvalue weighted by Gasteiger charge is -2.04. The topological polar surface area (TPSA) is 59.8 Å². The molecular formula is C14H16N4OS. The maximum absolute atomic E-state index is 12.5. The molecule has 2 aliphatic rings. The van der Waals surface area contributed by atoms with Crippen LogP contribution >= 0.6 is 11.3 Å². The van der Waals surface area contributed by atoms with Gasteiger partial charge in [-0.15, -0.1) is 21.5 Å². The van der Waals surface area contributed by atoms with Crippen LogP contribution in [-0.2, 0) is 19.4 Å². The minimum absolute atomic E-state index is 0.0456. The molecule has 1 N–H and O–H groups in total. The first-order valence-corrected chi connectivity index (χ1v) is 7.91. The van der Waals surface area contributed by atoms with Crippen LogP contribution in [0.25, 0.3) is 5.00 Å². The van der Waals surface area contributed by atoms with Crippen LogP contribution in [0.2, 0.25) is 0 Å². The highest BCUT2D eigenvalue weighted by molar-refractivity contribution is 7.15. The molecule has 5 nitrogen and oxygen atoms in total. The average molecular weight is 288 g/mol. The third-order valence-corrected chi connectivity index (χ3v) is 5.41. The molecule has 20 heavy (non-hydrogen) atoms. The van der Waals surface area contributed by atoms with Gasteiger partial charge in [-0.2, -0.15) is 0 Å². The molecule has 0 fully saturated rings. The summed E-state index contributed by atoms with van der Waals surface area (Å²) in [7, 11) is 0. The van der Waals surface area contributed by atoms with E-state index in [0.29, 0.717) is 6.54 Å². The summed E-state index contributed by atoms with van der Waals surface area (Å²) in [6, 6.07) is 0. The second-order valence-electron chi connectivity index (χ2n) is 5.43. The van der Waals surface area contributed by atoms with Crippen molar-refractivity contribution in [2.24, 2.45) is 0 Å². The summed E-state index contributed by atoms with van der Waals surface area (Å²) in [4.78, 5) is 13.8. The average Bonchev–Trinajstić information content (AvgIpc) is 2.83. The van der Waals surface area contributed by atoms with E-state index in [0.717, 1.165) is 35.1 Å². The van der Waals surface area contributed by atoms with Crippen molar-refractivity contribution in [3.8, 4) is 5.00 Å². The van der Waals surface area contributed by atoms with Crippen LogP contribution in [0, 0.1) is 6.92 Å². The van der Waals surface area contributed by atoms with Crippen molar-refractivity contribution in [2.75, 3.05) is 0 Å². The number of hydrogen-bond acceptors (Lipinski definition) is 4. The number of rotatable bonds is 0. The van der Waals surface area contributed by atoms with Crippen molar-refractivity contribution in [1.82, 2.24) is 20.1 Å². The zero-order valence-electron chi connectivity index (χ0n) is 11.4. The van der Waals surface area contributed by atoms with Crippen LogP contribution in [0.1, 0.15) is 51.7 Å². The fourth-order valence-electron chi connectivity index (χ4n) is 3.15. The van der Waals surface area contributed by atoms with Gasteiger partial charge in [0, 0.05) is 4.88 Å². The Bertz CT molecular complexity index is 700. The number of nitrogens with zero attached hydrogens (tertiary/aromatic N) is 3. The maximum atomic E-state index is 12.5. The molecule has 0 radical (unpaired) electrons. The second kappa shape index (κ2) is 4.41. The molecule has 0 saturated heterocycles. The van der Waals surface area contributed by atoms with E-state index in [2.05, 4.69) is 15.5 Å². The SMILES string of the molecule is Cc1nnc2n1-c1sc3c(c1C(=O)NC2)CCCCC3. The van der Waals surface area contributed by atoms with Gasteiger partial charge in [0.2, 0.25) is 0 Å². The van der Waals surface area contributed by atoms with E-state index < -0.39 is 0 Å². The summed E-state index contributed by atoms with van der Waals surface area (Å²) >= 11 is 1.75. The summed E-state index contributed by atoms with van der Waals surface area (Å²) in [5.74, 6) is 1.73. The van der Waals surface area contributed by atoms with E-state index >= 15 is 0 Å². The van der Waals surface area contributed by atoms with Crippen molar-refractivity contribution < 1.29 is 4.79 Å². The largest absolute Gasteiger partial charge is 0.345 e. The monoisotopic (exact) mass is 288 g/mol. The first-order chi connectivity index (χ1) is 9.75. The number of aromatic nitrogens is 3. The molecule has 2 aromatic rings. The van der Waals surface area contributed by atoms with Gasteiger partial charge in [0.05, 0.1) is 12.1 Å². The molecule has 104 valence electrons. The molecule has 0 atom stereocenters. The number of hydrogen-bond donors (Lipinski definition) is 1. The molecule has 1 aliphatic heterocycles. The zero-order chi connectivity index (χ0) is 13.7. The third-order valence-electron chi connectivity index (χ3n) is 4.13. The summed E-state index contributed by atoms with van der Waals surface area (Å²) in [6.07, 6.45) is 5.77. The molecule has 0 unspecified atom stereocenters. The molecule has 0 bridgehead atoms. The van der Waals surface area contributed by atoms with Gasteiger partial charge in [0.1, 0.15) is 10.8 Å². The van der Waals surface area contributed by atoms with E-state index in [4.69, 9.17) is 0 Å². The van der Waals surface area contributed by atoms with Crippen molar-refractivity contribution in [1.29, 1.82) is 0 Å². The lowest BCUT2D eigenvalue weighted by Crippen LogP contribution is -2.22. The Morgan fingerprint density at radius 1 is 1.20 bits per heavy atom. The van der Waals surface area contributed by atoms with Gasteiger partial charge in [0.25, 0.3) is 5.91 Å². The fraction of sp³-hybridized carbons (Fsp3) is 0.500. The lowest BCUT2D eigenvalue weighted by atomic mass is 10.1. The highest BCUT2D eigenvalue weighted by Crippen LogP contribution is 2.37. The normalized spacial score (nSPS) is 17.6. The standard InChI is InChI=1S/C14H16N4OS/c1-8-16-17-11-7-15-13(19)12-9-5-3-2-4-6-10(9)20-14(12)18(8)11/h2-7H2,1H3,(H,15,19). The minimum Gasteiger partial charge on any atom is -0.345 e. The summed E-state index contributed by atoms with van der Waals surface area (Å²) in [5, 5.41) is 12.3. The molecule has 0 saturated carbocycles. The predicted molar refractivity (Wildman–Crippen MR) is 76.4 cm³/mol. The molecule has 1 amide bonds. The number of thiophene rings is 1. The van der Waals surface area contributed by atoms with Crippen LogP contribution in [-0.4, -0.2) is 20.7 Å². The number of fused-ring (bicyclic) bond motifs is 5. The van der Waals surface area contributed by atoms with Crippen LogP contribution in [0.15, 0.2) is 0 Å². The molecule has 0 spiro atoms. The number of amides is 1. The van der Waals surface area contributed by atoms with Crippen molar-refractivity contribution in [3.05, 3.63) is 27.7 Å². The molecule has 1 aliphatic carbocycles. The first-order valence-electron chi connectivity index (χ1n) is 7.09. The van der Waals surface area contributed by atoms with E-state index in [1.54, 1.807) is 11.3 Å². The Balaban J connectivity index is 1.99. The van der Waals surface area contributed by atoms with Gasteiger partial charge >= 0.3 is 0 Å². The first kappa shape index (κ1) is 12.1. The smallest absolute Gasteiger partial charge is 0.254 e.